The normalized spacial score (nSPS) is 27.6. The lowest BCUT2D eigenvalue weighted by Gasteiger charge is -2.40. The topological polar surface area (TPSA) is 15.3 Å². The Kier molecular flexibility index (Phi) is 6.78. The van der Waals surface area contributed by atoms with E-state index in [-0.39, 0.29) is 0 Å². The monoisotopic (exact) mass is 244 g/mol. The molecule has 3 heteroatoms. The molecule has 1 N–H and O–H groups in total. The highest BCUT2D eigenvalue weighted by Crippen LogP contribution is 2.16. The summed E-state index contributed by atoms with van der Waals surface area (Å²) in [7, 11) is 0. The summed E-state index contributed by atoms with van der Waals surface area (Å²) in [6, 6.07) is 1.42. The quantitative estimate of drug-likeness (QED) is 0.723. The third kappa shape index (κ3) is 5.07. The first kappa shape index (κ1) is 14.3. The first-order valence-corrected chi connectivity index (χ1v) is 7.84. The fourth-order valence-corrected chi connectivity index (χ4v) is 3.06. The smallest absolute Gasteiger partial charge is 0.0224 e. The molecule has 0 amide bonds. The fraction of sp³-hybridized carbons (Fsp3) is 1.00. The molecule has 0 saturated carbocycles. The van der Waals surface area contributed by atoms with Gasteiger partial charge in [0.1, 0.15) is 0 Å². The molecule has 96 valence electrons. The zero-order chi connectivity index (χ0) is 12.0. The van der Waals surface area contributed by atoms with Crippen molar-refractivity contribution in [1.82, 2.24) is 10.2 Å². The predicted octanol–water partition coefficient (Wildman–Crippen LogP) is 2.45. The second-order valence-electron chi connectivity index (χ2n) is 5.28. The molecule has 1 aliphatic heterocycles. The van der Waals surface area contributed by atoms with Gasteiger partial charge in [-0.15, -0.1) is 0 Å². The Balaban J connectivity index is 2.38. The summed E-state index contributed by atoms with van der Waals surface area (Å²) in [6.07, 6.45) is 1.33. The van der Waals surface area contributed by atoms with Crippen molar-refractivity contribution in [1.29, 1.82) is 0 Å². The van der Waals surface area contributed by atoms with Crippen LogP contribution in [0, 0.1) is 5.92 Å². The summed E-state index contributed by atoms with van der Waals surface area (Å²) in [5, 5.41) is 3.61. The van der Waals surface area contributed by atoms with Crippen LogP contribution in [0.2, 0.25) is 0 Å². The van der Waals surface area contributed by atoms with Gasteiger partial charge in [0.15, 0.2) is 0 Å². The summed E-state index contributed by atoms with van der Waals surface area (Å²) in [5.41, 5.74) is 0. The van der Waals surface area contributed by atoms with E-state index in [1.54, 1.807) is 0 Å². The minimum atomic E-state index is 0.662. The predicted molar refractivity (Wildman–Crippen MR) is 75.3 cm³/mol. The minimum Gasteiger partial charge on any atom is -0.311 e. The highest BCUT2D eigenvalue weighted by atomic mass is 32.2. The average Bonchev–Trinajstić information content (AvgIpc) is 2.22. The van der Waals surface area contributed by atoms with Crippen LogP contribution in [0.25, 0.3) is 0 Å². The molecule has 1 heterocycles. The molecule has 2 atom stereocenters. The molecule has 0 aromatic rings. The van der Waals surface area contributed by atoms with Crippen LogP contribution < -0.4 is 5.32 Å². The summed E-state index contributed by atoms with van der Waals surface area (Å²) in [4.78, 5) is 2.70. The van der Waals surface area contributed by atoms with Crippen LogP contribution in [-0.2, 0) is 0 Å². The number of nitrogens with zero attached hydrogens (tertiary/aromatic N) is 1. The Morgan fingerprint density at radius 3 is 2.81 bits per heavy atom. The lowest BCUT2D eigenvalue weighted by molar-refractivity contribution is 0.127. The van der Waals surface area contributed by atoms with E-state index in [4.69, 9.17) is 0 Å². The molecule has 0 aromatic carbocycles. The van der Waals surface area contributed by atoms with Gasteiger partial charge < -0.3 is 5.32 Å². The summed E-state index contributed by atoms with van der Waals surface area (Å²) >= 11 is 2.06. The molecule has 0 aliphatic carbocycles. The standard InChI is InChI=1S/C13H28N2S/c1-5-16-7-6-15-10-12(4)14-9-13(15)8-11(2)3/h11-14H,5-10H2,1-4H3. The summed E-state index contributed by atoms with van der Waals surface area (Å²) in [5.74, 6) is 3.34. The molecule has 0 bridgehead atoms. The molecule has 16 heavy (non-hydrogen) atoms. The van der Waals surface area contributed by atoms with Crippen molar-refractivity contribution in [2.24, 2.45) is 5.92 Å². The number of hydrogen-bond acceptors (Lipinski definition) is 3. The number of hydrogen-bond donors (Lipinski definition) is 1. The maximum atomic E-state index is 3.61. The number of thioether (sulfide) groups is 1. The van der Waals surface area contributed by atoms with E-state index in [0.717, 1.165) is 12.0 Å². The van der Waals surface area contributed by atoms with Crippen LogP contribution in [0.5, 0.6) is 0 Å². The highest BCUT2D eigenvalue weighted by Gasteiger charge is 2.25. The van der Waals surface area contributed by atoms with Crippen LogP contribution in [0.4, 0.5) is 0 Å². The van der Waals surface area contributed by atoms with Gasteiger partial charge in [0.25, 0.3) is 0 Å². The van der Waals surface area contributed by atoms with Gasteiger partial charge in [-0.3, -0.25) is 4.90 Å². The molecule has 2 nitrogen and oxygen atoms in total. The second-order valence-corrected chi connectivity index (χ2v) is 6.68. The van der Waals surface area contributed by atoms with Gasteiger partial charge in [-0.05, 0) is 25.0 Å². The fourth-order valence-electron chi connectivity index (χ4n) is 2.41. The van der Waals surface area contributed by atoms with Gasteiger partial charge in [0.2, 0.25) is 0 Å². The average molecular weight is 244 g/mol. The Hall–Kier alpha value is 0.270. The molecule has 1 fully saturated rings. The van der Waals surface area contributed by atoms with E-state index in [1.807, 2.05) is 0 Å². The highest BCUT2D eigenvalue weighted by molar-refractivity contribution is 7.99. The Morgan fingerprint density at radius 1 is 1.44 bits per heavy atom. The molecular weight excluding hydrogens is 216 g/mol. The van der Waals surface area contributed by atoms with Crippen LogP contribution in [0.15, 0.2) is 0 Å². The molecule has 0 aromatic heterocycles. The molecule has 0 spiro atoms. The van der Waals surface area contributed by atoms with Gasteiger partial charge in [0.05, 0.1) is 0 Å². The second kappa shape index (κ2) is 7.57. The van der Waals surface area contributed by atoms with Gasteiger partial charge in [0, 0.05) is 37.5 Å². The van der Waals surface area contributed by atoms with Crippen molar-refractivity contribution in [2.75, 3.05) is 31.1 Å². The zero-order valence-corrected chi connectivity index (χ0v) is 12.1. The lowest BCUT2D eigenvalue weighted by Crippen LogP contribution is -2.56. The van der Waals surface area contributed by atoms with Gasteiger partial charge in [-0.1, -0.05) is 20.8 Å². The Labute approximate surface area is 106 Å². The van der Waals surface area contributed by atoms with E-state index < -0.39 is 0 Å². The molecule has 1 aliphatic rings. The van der Waals surface area contributed by atoms with Gasteiger partial charge in [-0.2, -0.15) is 11.8 Å². The van der Waals surface area contributed by atoms with Crippen LogP contribution in [0.3, 0.4) is 0 Å². The molecule has 1 rings (SSSR count). The number of rotatable bonds is 6. The first-order valence-electron chi connectivity index (χ1n) is 6.68. The van der Waals surface area contributed by atoms with Crippen molar-refractivity contribution < 1.29 is 0 Å². The maximum Gasteiger partial charge on any atom is 0.0224 e. The summed E-state index contributed by atoms with van der Waals surface area (Å²) in [6.45, 7) is 12.9. The van der Waals surface area contributed by atoms with Crippen LogP contribution in [-0.4, -0.2) is 48.1 Å². The Bertz CT molecular complexity index is 185. The molecule has 2 unspecified atom stereocenters. The maximum absolute atomic E-state index is 3.61. The van der Waals surface area contributed by atoms with E-state index in [2.05, 4.69) is 49.7 Å². The number of piperazine rings is 1. The first-order chi connectivity index (χ1) is 7.63. The molecule has 1 saturated heterocycles. The SMILES string of the molecule is CCSCCN1CC(C)NCC1CC(C)C. The minimum absolute atomic E-state index is 0.662. The number of nitrogens with one attached hydrogen (secondary N) is 1. The van der Waals surface area contributed by atoms with Crippen molar-refractivity contribution in [3.63, 3.8) is 0 Å². The summed E-state index contributed by atoms with van der Waals surface area (Å²) < 4.78 is 0. The van der Waals surface area contributed by atoms with Gasteiger partial charge in [-0.25, -0.2) is 0 Å². The molecule has 0 radical (unpaired) electrons. The molecular formula is C13H28N2S. The van der Waals surface area contributed by atoms with Crippen molar-refractivity contribution >= 4 is 11.8 Å². The van der Waals surface area contributed by atoms with Crippen molar-refractivity contribution in [3.8, 4) is 0 Å². The van der Waals surface area contributed by atoms with E-state index in [1.165, 1.54) is 37.6 Å². The van der Waals surface area contributed by atoms with Crippen molar-refractivity contribution in [3.05, 3.63) is 0 Å². The third-order valence-corrected chi connectivity index (χ3v) is 4.08. The van der Waals surface area contributed by atoms with E-state index in [0.29, 0.717) is 6.04 Å². The van der Waals surface area contributed by atoms with Gasteiger partial charge >= 0.3 is 0 Å². The Morgan fingerprint density at radius 2 is 2.19 bits per heavy atom. The zero-order valence-electron chi connectivity index (χ0n) is 11.3. The van der Waals surface area contributed by atoms with Crippen LogP contribution >= 0.6 is 11.8 Å². The van der Waals surface area contributed by atoms with E-state index >= 15 is 0 Å². The van der Waals surface area contributed by atoms with Crippen LogP contribution in [0.1, 0.15) is 34.1 Å². The van der Waals surface area contributed by atoms with E-state index in [9.17, 15) is 0 Å². The largest absolute Gasteiger partial charge is 0.311 e. The van der Waals surface area contributed by atoms with Crippen molar-refractivity contribution in [2.45, 2.75) is 46.2 Å². The third-order valence-electron chi connectivity index (χ3n) is 3.20. The lowest BCUT2D eigenvalue weighted by atomic mass is 9.99.